The number of nitro benzene ring substituents is 1. The minimum Gasteiger partial charge on any atom is -0.320 e. The first-order valence-corrected chi connectivity index (χ1v) is 10.5. The third-order valence-electron chi connectivity index (χ3n) is 3.94. The van der Waals surface area contributed by atoms with Crippen LogP contribution in [0.15, 0.2) is 71.6 Å². The molecule has 0 aliphatic rings. The van der Waals surface area contributed by atoms with Crippen LogP contribution in [-0.2, 0) is 10.0 Å². The molecule has 30 heavy (non-hydrogen) atoms. The van der Waals surface area contributed by atoms with Crippen molar-refractivity contribution in [1.29, 1.82) is 0 Å². The number of sulfonamides is 1. The number of nitrogens with one attached hydrogen (secondary N) is 2. The van der Waals surface area contributed by atoms with Crippen LogP contribution in [-0.4, -0.2) is 19.2 Å². The maximum absolute atomic E-state index is 12.5. The molecule has 3 aromatic carbocycles. The van der Waals surface area contributed by atoms with E-state index in [0.717, 1.165) is 6.07 Å². The number of non-ortho nitro benzene ring substituents is 1. The molecule has 154 valence electrons. The summed E-state index contributed by atoms with van der Waals surface area (Å²) < 4.78 is 27.2. The van der Waals surface area contributed by atoms with Crippen molar-refractivity contribution in [2.75, 3.05) is 10.0 Å². The van der Waals surface area contributed by atoms with Gasteiger partial charge in [-0.05, 0) is 36.4 Å². The maximum Gasteiger partial charge on any atom is 0.271 e. The van der Waals surface area contributed by atoms with Gasteiger partial charge in [0, 0.05) is 17.7 Å². The zero-order chi connectivity index (χ0) is 21.9. The molecule has 0 aromatic heterocycles. The normalized spacial score (nSPS) is 11.0. The fourth-order valence-corrected chi connectivity index (χ4v) is 4.01. The van der Waals surface area contributed by atoms with Gasteiger partial charge in [-0.2, -0.15) is 0 Å². The predicted octanol–water partition coefficient (Wildman–Crippen LogP) is 4.95. The molecular weight excluding hydrogens is 453 g/mol. The number of amides is 1. The van der Waals surface area contributed by atoms with E-state index < -0.39 is 20.9 Å². The average Bonchev–Trinajstić information content (AvgIpc) is 2.71. The minimum atomic E-state index is -3.85. The van der Waals surface area contributed by atoms with E-state index in [1.807, 2.05) is 0 Å². The van der Waals surface area contributed by atoms with E-state index in [2.05, 4.69) is 10.0 Å². The van der Waals surface area contributed by atoms with Crippen molar-refractivity contribution in [1.82, 2.24) is 0 Å². The van der Waals surface area contributed by atoms with Crippen LogP contribution < -0.4 is 10.0 Å². The van der Waals surface area contributed by atoms with Gasteiger partial charge in [-0.25, -0.2) is 8.42 Å². The van der Waals surface area contributed by atoms with Crippen molar-refractivity contribution in [3.05, 3.63) is 92.5 Å². The number of anilines is 2. The van der Waals surface area contributed by atoms with E-state index in [1.165, 1.54) is 42.5 Å². The summed E-state index contributed by atoms with van der Waals surface area (Å²) in [5, 5.41) is 13.5. The SMILES string of the molecule is O=C(Nc1cc([N+](=O)[O-])ccc1Cl)c1ccc(NS(=O)(=O)c2ccccc2)c(Cl)c1. The fraction of sp³-hybridized carbons (Fsp3) is 0. The molecule has 0 heterocycles. The summed E-state index contributed by atoms with van der Waals surface area (Å²) in [6.07, 6.45) is 0. The molecular formula is C19H13Cl2N3O5S. The van der Waals surface area contributed by atoms with Gasteiger partial charge in [0.25, 0.3) is 21.6 Å². The molecule has 0 saturated carbocycles. The second-order valence-electron chi connectivity index (χ2n) is 5.99. The first kappa shape index (κ1) is 21.6. The Kier molecular flexibility index (Phi) is 6.25. The highest BCUT2D eigenvalue weighted by molar-refractivity contribution is 7.92. The Morgan fingerprint density at radius 3 is 2.23 bits per heavy atom. The fourth-order valence-electron chi connectivity index (χ4n) is 2.46. The summed E-state index contributed by atoms with van der Waals surface area (Å²) in [6, 6.07) is 15.3. The van der Waals surface area contributed by atoms with Crippen molar-refractivity contribution in [3.63, 3.8) is 0 Å². The molecule has 1 amide bonds. The van der Waals surface area contributed by atoms with Crippen LogP contribution in [0.2, 0.25) is 10.0 Å². The van der Waals surface area contributed by atoms with Gasteiger partial charge in [-0.1, -0.05) is 41.4 Å². The molecule has 11 heteroatoms. The lowest BCUT2D eigenvalue weighted by atomic mass is 10.2. The lowest BCUT2D eigenvalue weighted by molar-refractivity contribution is -0.384. The highest BCUT2D eigenvalue weighted by atomic mass is 35.5. The highest BCUT2D eigenvalue weighted by Crippen LogP contribution is 2.29. The van der Waals surface area contributed by atoms with Crippen LogP contribution >= 0.6 is 23.2 Å². The zero-order valence-corrected chi connectivity index (χ0v) is 17.3. The summed E-state index contributed by atoms with van der Waals surface area (Å²) in [5.74, 6) is -0.628. The summed E-state index contributed by atoms with van der Waals surface area (Å²) in [6.45, 7) is 0. The Labute approximate surface area is 181 Å². The number of hydrogen-bond donors (Lipinski definition) is 2. The number of nitrogens with zero attached hydrogens (tertiary/aromatic N) is 1. The van der Waals surface area contributed by atoms with E-state index in [4.69, 9.17) is 23.2 Å². The molecule has 3 aromatic rings. The third-order valence-corrected chi connectivity index (χ3v) is 5.96. The van der Waals surface area contributed by atoms with Gasteiger partial charge in [0.2, 0.25) is 0 Å². The smallest absolute Gasteiger partial charge is 0.271 e. The number of carbonyl (C=O) groups excluding carboxylic acids is 1. The second kappa shape index (κ2) is 8.70. The highest BCUT2D eigenvalue weighted by Gasteiger charge is 2.18. The summed E-state index contributed by atoms with van der Waals surface area (Å²) >= 11 is 12.1. The van der Waals surface area contributed by atoms with Crippen LogP contribution in [0.1, 0.15) is 10.4 Å². The third kappa shape index (κ3) is 4.88. The summed E-state index contributed by atoms with van der Waals surface area (Å²) in [4.78, 5) is 22.8. The summed E-state index contributed by atoms with van der Waals surface area (Å²) in [7, 11) is -3.85. The van der Waals surface area contributed by atoms with Gasteiger partial charge in [0.15, 0.2) is 0 Å². The van der Waals surface area contributed by atoms with Gasteiger partial charge in [0.1, 0.15) is 0 Å². The van der Waals surface area contributed by atoms with Crippen molar-refractivity contribution in [2.45, 2.75) is 4.90 Å². The van der Waals surface area contributed by atoms with E-state index in [1.54, 1.807) is 18.2 Å². The number of halogens is 2. The Morgan fingerprint density at radius 2 is 1.60 bits per heavy atom. The van der Waals surface area contributed by atoms with Crippen molar-refractivity contribution in [3.8, 4) is 0 Å². The first-order valence-electron chi connectivity index (χ1n) is 8.30. The van der Waals surface area contributed by atoms with Crippen LogP contribution in [0, 0.1) is 10.1 Å². The van der Waals surface area contributed by atoms with Crippen LogP contribution in [0.5, 0.6) is 0 Å². The van der Waals surface area contributed by atoms with Crippen LogP contribution in [0.4, 0.5) is 17.1 Å². The predicted molar refractivity (Wildman–Crippen MR) is 115 cm³/mol. The Morgan fingerprint density at radius 1 is 0.900 bits per heavy atom. The Balaban J connectivity index is 1.81. The van der Waals surface area contributed by atoms with E-state index >= 15 is 0 Å². The Hall–Kier alpha value is -3.14. The van der Waals surface area contributed by atoms with Crippen molar-refractivity contribution in [2.24, 2.45) is 0 Å². The number of carbonyl (C=O) groups is 1. The van der Waals surface area contributed by atoms with Crippen LogP contribution in [0.3, 0.4) is 0 Å². The van der Waals surface area contributed by atoms with Gasteiger partial charge < -0.3 is 5.32 Å². The number of rotatable bonds is 6. The lowest BCUT2D eigenvalue weighted by Crippen LogP contribution is -2.15. The van der Waals surface area contributed by atoms with Gasteiger partial charge in [0.05, 0.1) is 31.2 Å². The lowest BCUT2D eigenvalue weighted by Gasteiger charge is -2.11. The Bertz CT molecular complexity index is 1230. The second-order valence-corrected chi connectivity index (χ2v) is 8.49. The molecule has 0 fully saturated rings. The van der Waals surface area contributed by atoms with Gasteiger partial charge >= 0.3 is 0 Å². The molecule has 0 aliphatic carbocycles. The number of nitro groups is 1. The molecule has 0 radical (unpaired) electrons. The summed E-state index contributed by atoms with van der Waals surface area (Å²) in [5.41, 5.74) is 0.00919. The van der Waals surface area contributed by atoms with E-state index in [9.17, 15) is 23.3 Å². The molecule has 2 N–H and O–H groups in total. The molecule has 0 unspecified atom stereocenters. The van der Waals surface area contributed by atoms with Gasteiger partial charge in [-0.15, -0.1) is 0 Å². The largest absolute Gasteiger partial charge is 0.320 e. The minimum absolute atomic E-state index is 0.00713. The maximum atomic E-state index is 12.5. The standard InChI is InChI=1S/C19H13Cl2N3O5S/c20-15-8-7-13(24(26)27)11-18(15)22-19(25)12-6-9-17(16(21)10-12)23-30(28,29)14-4-2-1-3-5-14/h1-11,23H,(H,22,25). The molecule has 3 rings (SSSR count). The van der Waals surface area contributed by atoms with E-state index in [0.29, 0.717) is 0 Å². The quantitative estimate of drug-likeness (QED) is 0.394. The zero-order valence-electron chi connectivity index (χ0n) is 15.0. The number of benzene rings is 3. The molecule has 0 saturated heterocycles. The molecule has 0 bridgehead atoms. The van der Waals surface area contributed by atoms with Crippen molar-refractivity contribution >= 4 is 56.2 Å². The van der Waals surface area contributed by atoms with Gasteiger partial charge in [-0.3, -0.25) is 19.6 Å². The molecule has 0 spiro atoms. The molecule has 0 aliphatic heterocycles. The molecule has 0 atom stereocenters. The molecule has 8 nitrogen and oxygen atoms in total. The van der Waals surface area contributed by atoms with E-state index in [-0.39, 0.29) is 37.6 Å². The van der Waals surface area contributed by atoms with Crippen molar-refractivity contribution < 1.29 is 18.1 Å². The topological polar surface area (TPSA) is 118 Å². The number of hydrogen-bond acceptors (Lipinski definition) is 5. The average molecular weight is 466 g/mol. The first-order chi connectivity index (χ1) is 14.2. The van der Waals surface area contributed by atoms with Crippen LogP contribution in [0.25, 0.3) is 0 Å². The monoisotopic (exact) mass is 465 g/mol.